The molecule has 1 aromatic heterocycles. The Morgan fingerprint density at radius 1 is 1.26 bits per heavy atom. The van der Waals surface area contributed by atoms with E-state index >= 15 is 0 Å². The summed E-state index contributed by atoms with van der Waals surface area (Å²) in [6.45, 7) is 0. The highest BCUT2D eigenvalue weighted by atomic mass is 19.4. The number of nitrogens with zero attached hydrogens (tertiary/aromatic N) is 2. The van der Waals surface area contributed by atoms with Crippen LogP contribution in [0.25, 0.3) is 17.2 Å². The fraction of sp³-hybridized carbons (Fsp3) is 0.235. The minimum Gasteiger partial charge on any atom is -0.480 e. The Morgan fingerprint density at radius 2 is 2.00 bits per heavy atom. The highest BCUT2D eigenvalue weighted by Crippen LogP contribution is 2.39. The van der Waals surface area contributed by atoms with E-state index in [0.29, 0.717) is 11.1 Å². The number of methoxy groups -OCH3 is 2. The number of hydrogen-bond donors (Lipinski definition) is 1. The van der Waals surface area contributed by atoms with E-state index in [9.17, 15) is 18.0 Å². The van der Waals surface area contributed by atoms with Gasteiger partial charge in [-0.05, 0) is 23.8 Å². The van der Waals surface area contributed by atoms with Gasteiger partial charge in [-0.25, -0.2) is 9.78 Å². The van der Waals surface area contributed by atoms with Crippen molar-refractivity contribution in [3.05, 3.63) is 35.5 Å². The van der Waals surface area contributed by atoms with Crippen molar-refractivity contribution in [2.75, 3.05) is 14.2 Å². The van der Waals surface area contributed by atoms with Gasteiger partial charge in [-0.2, -0.15) is 18.2 Å². The van der Waals surface area contributed by atoms with Crippen molar-refractivity contribution < 1.29 is 37.3 Å². The molecule has 10 heteroatoms. The number of carboxylic acids is 1. The molecular weight excluding hydrogens is 369 g/mol. The summed E-state index contributed by atoms with van der Waals surface area (Å²) in [5.41, 5.74) is 0.237. The maximum absolute atomic E-state index is 13.1. The summed E-state index contributed by atoms with van der Waals surface area (Å²) in [4.78, 5) is 19.3. The van der Waals surface area contributed by atoms with E-state index in [-0.39, 0.29) is 23.2 Å². The van der Waals surface area contributed by atoms with Crippen molar-refractivity contribution >= 4 is 12.0 Å². The molecule has 0 fully saturated rings. The van der Waals surface area contributed by atoms with Gasteiger partial charge in [-0.3, -0.25) is 0 Å². The molecule has 3 rings (SSSR count). The SMILES string of the molecule is COc1ncc(-c2ccc3c(c2)C=C(C(=O)O)C(C(F)(F)F)O3)c(OC)n1. The molecule has 1 N–H and O–H groups in total. The van der Waals surface area contributed by atoms with E-state index in [1.165, 1.54) is 38.6 Å². The van der Waals surface area contributed by atoms with Crippen LogP contribution in [0.5, 0.6) is 17.6 Å². The number of carboxylic acid groups (broad SMARTS) is 1. The third-order valence-corrected chi connectivity index (χ3v) is 3.81. The van der Waals surface area contributed by atoms with Gasteiger partial charge in [0.1, 0.15) is 5.75 Å². The third kappa shape index (κ3) is 3.50. The molecule has 1 aliphatic heterocycles. The lowest BCUT2D eigenvalue weighted by Crippen LogP contribution is -2.40. The number of halogens is 3. The van der Waals surface area contributed by atoms with Crippen molar-refractivity contribution in [2.45, 2.75) is 12.3 Å². The molecule has 1 unspecified atom stereocenters. The Balaban J connectivity index is 2.08. The van der Waals surface area contributed by atoms with E-state index in [1.54, 1.807) is 0 Å². The number of hydrogen-bond acceptors (Lipinski definition) is 6. The first-order valence-electron chi connectivity index (χ1n) is 7.52. The first-order chi connectivity index (χ1) is 12.7. The summed E-state index contributed by atoms with van der Waals surface area (Å²) < 4.78 is 54.3. The van der Waals surface area contributed by atoms with Crippen LogP contribution < -0.4 is 14.2 Å². The topological polar surface area (TPSA) is 90.8 Å². The van der Waals surface area contributed by atoms with Gasteiger partial charge in [0.2, 0.25) is 12.0 Å². The standard InChI is InChI=1S/C17H13F3N2O5/c1-25-14-11(7-21-16(22-14)26-2)8-3-4-12-9(5-8)6-10(15(23)24)13(27-12)17(18,19)20/h3-7,13H,1-2H3,(H,23,24). The summed E-state index contributed by atoms with van der Waals surface area (Å²) in [6.07, 6.45) is -5.02. The Bertz CT molecular complexity index is 927. The molecule has 1 aromatic carbocycles. The zero-order valence-corrected chi connectivity index (χ0v) is 14.1. The summed E-state index contributed by atoms with van der Waals surface area (Å²) in [6, 6.07) is 4.37. The molecular formula is C17H13F3N2O5. The van der Waals surface area contributed by atoms with Crippen molar-refractivity contribution in [3.63, 3.8) is 0 Å². The van der Waals surface area contributed by atoms with E-state index < -0.39 is 23.8 Å². The molecule has 7 nitrogen and oxygen atoms in total. The number of rotatable bonds is 4. The van der Waals surface area contributed by atoms with Crippen LogP contribution in [0.4, 0.5) is 13.2 Å². The lowest BCUT2D eigenvalue weighted by Gasteiger charge is -2.27. The van der Waals surface area contributed by atoms with Crippen molar-refractivity contribution in [3.8, 4) is 28.8 Å². The van der Waals surface area contributed by atoms with Gasteiger partial charge in [0.25, 0.3) is 0 Å². The summed E-state index contributed by atoms with van der Waals surface area (Å²) >= 11 is 0. The van der Waals surface area contributed by atoms with Gasteiger partial charge in [-0.15, -0.1) is 0 Å². The van der Waals surface area contributed by atoms with Crippen molar-refractivity contribution in [1.82, 2.24) is 9.97 Å². The van der Waals surface area contributed by atoms with Crippen LogP contribution in [0.2, 0.25) is 0 Å². The third-order valence-electron chi connectivity index (χ3n) is 3.81. The molecule has 0 amide bonds. The summed E-state index contributed by atoms with van der Waals surface area (Å²) in [5, 5.41) is 9.12. The Kier molecular flexibility index (Phi) is 4.64. The second-order valence-electron chi connectivity index (χ2n) is 5.48. The van der Waals surface area contributed by atoms with Crippen LogP contribution in [0, 0.1) is 0 Å². The number of ether oxygens (including phenoxy) is 3. The number of benzene rings is 1. The van der Waals surface area contributed by atoms with Gasteiger partial charge in [0.15, 0.2) is 0 Å². The second-order valence-corrected chi connectivity index (χ2v) is 5.48. The molecule has 1 atom stereocenters. The Labute approximate surface area is 151 Å². The Morgan fingerprint density at radius 3 is 2.59 bits per heavy atom. The lowest BCUT2D eigenvalue weighted by atomic mass is 9.98. The van der Waals surface area contributed by atoms with Crippen molar-refractivity contribution in [2.24, 2.45) is 0 Å². The number of aromatic nitrogens is 2. The fourth-order valence-electron chi connectivity index (χ4n) is 2.59. The lowest BCUT2D eigenvalue weighted by molar-refractivity contribution is -0.187. The molecule has 1 aliphatic rings. The van der Waals surface area contributed by atoms with Gasteiger partial charge in [0.05, 0.1) is 25.4 Å². The van der Waals surface area contributed by atoms with Crippen LogP contribution in [0.15, 0.2) is 30.0 Å². The average molecular weight is 382 g/mol. The minimum absolute atomic E-state index is 0.0815. The largest absolute Gasteiger partial charge is 0.480 e. The van der Waals surface area contributed by atoms with Gasteiger partial charge in [-0.1, -0.05) is 6.07 Å². The highest BCUT2D eigenvalue weighted by Gasteiger charge is 2.48. The smallest absolute Gasteiger partial charge is 0.430 e. The van der Waals surface area contributed by atoms with E-state index in [1.807, 2.05) is 0 Å². The van der Waals surface area contributed by atoms with Crippen LogP contribution in [-0.4, -0.2) is 47.5 Å². The molecule has 142 valence electrons. The number of alkyl halides is 3. The fourth-order valence-corrected chi connectivity index (χ4v) is 2.59. The molecule has 0 aliphatic carbocycles. The molecule has 0 saturated heterocycles. The number of carbonyl (C=O) groups is 1. The zero-order valence-electron chi connectivity index (χ0n) is 14.1. The molecule has 0 saturated carbocycles. The van der Waals surface area contributed by atoms with E-state index in [2.05, 4.69) is 9.97 Å². The first kappa shape index (κ1) is 18.5. The van der Waals surface area contributed by atoms with E-state index in [4.69, 9.17) is 19.3 Å². The highest BCUT2D eigenvalue weighted by molar-refractivity contribution is 5.95. The normalized spacial score (nSPS) is 16.0. The summed E-state index contributed by atoms with van der Waals surface area (Å²) in [5.74, 6) is -1.60. The quantitative estimate of drug-likeness (QED) is 0.869. The van der Waals surface area contributed by atoms with Crippen LogP contribution in [0.1, 0.15) is 5.56 Å². The average Bonchev–Trinajstić information content (AvgIpc) is 2.65. The zero-order chi connectivity index (χ0) is 19.8. The van der Waals surface area contributed by atoms with Gasteiger partial charge < -0.3 is 19.3 Å². The monoisotopic (exact) mass is 382 g/mol. The van der Waals surface area contributed by atoms with Crippen molar-refractivity contribution in [1.29, 1.82) is 0 Å². The first-order valence-corrected chi connectivity index (χ1v) is 7.52. The predicted molar refractivity (Wildman–Crippen MR) is 86.7 cm³/mol. The molecule has 2 heterocycles. The molecule has 0 bridgehead atoms. The number of fused-ring (bicyclic) bond motifs is 1. The molecule has 27 heavy (non-hydrogen) atoms. The van der Waals surface area contributed by atoms with Gasteiger partial charge in [0, 0.05) is 11.8 Å². The molecule has 2 aromatic rings. The summed E-state index contributed by atoms with van der Waals surface area (Å²) in [7, 11) is 2.78. The van der Waals surface area contributed by atoms with Crippen LogP contribution in [0.3, 0.4) is 0 Å². The number of aliphatic carboxylic acids is 1. The van der Waals surface area contributed by atoms with E-state index in [0.717, 1.165) is 6.08 Å². The van der Waals surface area contributed by atoms with Crippen LogP contribution in [-0.2, 0) is 4.79 Å². The van der Waals surface area contributed by atoms with Crippen LogP contribution >= 0.6 is 0 Å². The minimum atomic E-state index is -4.85. The van der Waals surface area contributed by atoms with Gasteiger partial charge >= 0.3 is 18.2 Å². The Hall–Kier alpha value is -3.30. The molecule has 0 spiro atoms. The second kappa shape index (κ2) is 6.78. The predicted octanol–water partition coefficient (Wildman–Crippen LogP) is 2.95. The maximum atomic E-state index is 13.1. The molecule has 0 radical (unpaired) electrons. The maximum Gasteiger partial charge on any atom is 0.430 e.